The third-order valence-corrected chi connectivity index (χ3v) is 4.48. The molecule has 0 saturated heterocycles. The number of para-hydroxylation sites is 1. The zero-order valence-corrected chi connectivity index (χ0v) is 20.0. The van der Waals surface area contributed by atoms with Crippen LogP contribution in [0.25, 0.3) is 0 Å². The maximum atomic E-state index is 6.08. The Morgan fingerprint density at radius 2 is 1.66 bits per heavy atom. The van der Waals surface area contributed by atoms with Gasteiger partial charge in [0.05, 0.1) is 33.9 Å². The molecule has 0 amide bonds. The van der Waals surface area contributed by atoms with E-state index in [4.69, 9.17) is 19.9 Å². The van der Waals surface area contributed by atoms with Crippen molar-refractivity contribution in [2.45, 2.75) is 12.6 Å². The van der Waals surface area contributed by atoms with Crippen LogP contribution in [0.15, 0.2) is 47.5 Å². The van der Waals surface area contributed by atoms with Gasteiger partial charge in [0.15, 0.2) is 17.5 Å². The number of likely N-dealkylation sites (N-methyl/N-ethyl adjacent to an activating group) is 1. The Morgan fingerprint density at radius 3 is 2.28 bits per heavy atom. The monoisotopic (exact) mass is 514 g/mol. The molecule has 2 aromatic carbocycles. The predicted molar refractivity (Wildman–Crippen MR) is 128 cm³/mol. The first-order valence-electron chi connectivity index (χ1n) is 9.04. The number of hydrogen-bond donors (Lipinski definition) is 2. The Balaban J connectivity index is 0.00000420. The molecule has 0 heterocycles. The fourth-order valence-electron chi connectivity index (χ4n) is 2.93. The predicted octanol–water partition coefficient (Wildman–Crippen LogP) is 3.04. The lowest BCUT2D eigenvalue weighted by Gasteiger charge is -2.26. The normalized spacial score (nSPS) is 12.1. The van der Waals surface area contributed by atoms with Crippen LogP contribution in [0.3, 0.4) is 0 Å². The van der Waals surface area contributed by atoms with Crippen molar-refractivity contribution < 1.29 is 14.2 Å². The van der Waals surface area contributed by atoms with Crippen LogP contribution in [0.4, 0.5) is 0 Å². The molecule has 0 bridgehead atoms. The number of guanidine groups is 1. The number of nitrogens with one attached hydrogen (secondary N) is 1. The van der Waals surface area contributed by atoms with Gasteiger partial charge >= 0.3 is 0 Å². The van der Waals surface area contributed by atoms with Crippen molar-refractivity contribution in [2.75, 3.05) is 42.0 Å². The third-order valence-electron chi connectivity index (χ3n) is 4.48. The van der Waals surface area contributed by atoms with E-state index in [1.807, 2.05) is 50.5 Å². The number of benzene rings is 2. The molecular formula is C21H31IN4O3. The SMILES string of the molecule is COc1ccc(CN=C(N)NCC(c2ccccc2OC)N(C)C)cc1OC.I. The summed E-state index contributed by atoms with van der Waals surface area (Å²) in [5.74, 6) is 2.60. The van der Waals surface area contributed by atoms with Gasteiger partial charge in [-0.2, -0.15) is 0 Å². The standard InChI is InChI=1S/C21H30N4O3.HI/c1-25(2)17(16-8-6-7-9-18(16)26-3)14-24-21(22)23-13-15-10-11-19(27-4)20(12-15)28-5;/h6-12,17H,13-14H2,1-5H3,(H3,22,23,24);1H. The van der Waals surface area contributed by atoms with Crippen LogP contribution in [-0.2, 0) is 6.54 Å². The molecule has 0 aliphatic carbocycles. The van der Waals surface area contributed by atoms with Crippen LogP contribution in [0.5, 0.6) is 17.2 Å². The number of halogens is 1. The zero-order valence-electron chi connectivity index (χ0n) is 17.6. The number of rotatable bonds is 9. The summed E-state index contributed by atoms with van der Waals surface area (Å²) in [6, 6.07) is 13.8. The average Bonchev–Trinajstić information content (AvgIpc) is 2.72. The Morgan fingerprint density at radius 1 is 1.00 bits per heavy atom. The van der Waals surface area contributed by atoms with Gasteiger partial charge in [-0.15, -0.1) is 24.0 Å². The summed E-state index contributed by atoms with van der Waals surface area (Å²) in [5.41, 5.74) is 8.15. The first-order chi connectivity index (χ1) is 13.5. The number of nitrogens with zero attached hydrogens (tertiary/aromatic N) is 2. The molecule has 0 aliphatic heterocycles. The van der Waals surface area contributed by atoms with Gasteiger partial charge in [-0.1, -0.05) is 24.3 Å². The maximum Gasteiger partial charge on any atom is 0.188 e. The summed E-state index contributed by atoms with van der Waals surface area (Å²) in [6.45, 7) is 1.05. The van der Waals surface area contributed by atoms with Gasteiger partial charge in [0.1, 0.15) is 5.75 Å². The van der Waals surface area contributed by atoms with Crippen LogP contribution in [0, 0.1) is 0 Å². The highest BCUT2D eigenvalue weighted by Gasteiger charge is 2.18. The number of nitrogens with two attached hydrogens (primary N) is 1. The Bertz CT molecular complexity index is 799. The quantitative estimate of drug-likeness (QED) is 0.304. The first-order valence-corrected chi connectivity index (χ1v) is 9.04. The molecule has 29 heavy (non-hydrogen) atoms. The summed E-state index contributed by atoms with van der Waals surface area (Å²) in [5, 5.41) is 3.21. The third kappa shape index (κ3) is 6.97. The Hall–Kier alpha value is -2.20. The summed E-state index contributed by atoms with van der Waals surface area (Å²) < 4.78 is 16.1. The summed E-state index contributed by atoms with van der Waals surface area (Å²) in [7, 11) is 8.95. The molecular weight excluding hydrogens is 483 g/mol. The number of ether oxygens (including phenoxy) is 3. The fourth-order valence-corrected chi connectivity index (χ4v) is 2.93. The fraction of sp³-hybridized carbons (Fsp3) is 0.381. The molecule has 0 aliphatic rings. The topological polar surface area (TPSA) is 81.3 Å². The van der Waals surface area contributed by atoms with Crippen LogP contribution in [-0.4, -0.2) is 52.8 Å². The molecule has 2 rings (SSSR count). The molecule has 0 aromatic heterocycles. The van der Waals surface area contributed by atoms with Crippen molar-refractivity contribution in [2.24, 2.45) is 10.7 Å². The number of methoxy groups -OCH3 is 3. The second-order valence-corrected chi connectivity index (χ2v) is 6.49. The van der Waals surface area contributed by atoms with Gasteiger partial charge < -0.3 is 30.2 Å². The molecule has 0 fully saturated rings. The van der Waals surface area contributed by atoms with Crippen molar-refractivity contribution in [1.82, 2.24) is 10.2 Å². The molecule has 0 spiro atoms. The highest BCUT2D eigenvalue weighted by molar-refractivity contribution is 14.0. The molecule has 1 atom stereocenters. The van der Waals surface area contributed by atoms with Crippen molar-refractivity contribution in [3.05, 3.63) is 53.6 Å². The lowest BCUT2D eigenvalue weighted by molar-refractivity contribution is 0.288. The van der Waals surface area contributed by atoms with Crippen molar-refractivity contribution >= 4 is 29.9 Å². The van der Waals surface area contributed by atoms with E-state index in [2.05, 4.69) is 21.3 Å². The molecule has 8 heteroatoms. The van der Waals surface area contributed by atoms with E-state index in [9.17, 15) is 0 Å². The Kier molecular flexibility index (Phi) is 10.6. The second-order valence-electron chi connectivity index (χ2n) is 6.49. The van der Waals surface area contributed by atoms with Gasteiger partial charge in [-0.3, -0.25) is 0 Å². The summed E-state index contributed by atoms with van der Waals surface area (Å²) >= 11 is 0. The molecule has 3 N–H and O–H groups in total. The summed E-state index contributed by atoms with van der Waals surface area (Å²) in [4.78, 5) is 6.55. The molecule has 0 radical (unpaired) electrons. The zero-order chi connectivity index (χ0) is 20.5. The summed E-state index contributed by atoms with van der Waals surface area (Å²) in [6.07, 6.45) is 0. The van der Waals surface area contributed by atoms with Crippen LogP contribution < -0.4 is 25.3 Å². The smallest absolute Gasteiger partial charge is 0.188 e. The average molecular weight is 514 g/mol. The van der Waals surface area contributed by atoms with E-state index in [-0.39, 0.29) is 30.0 Å². The van der Waals surface area contributed by atoms with E-state index in [1.165, 1.54) is 0 Å². The van der Waals surface area contributed by atoms with Crippen molar-refractivity contribution in [1.29, 1.82) is 0 Å². The Labute approximate surface area is 190 Å². The minimum Gasteiger partial charge on any atom is -0.496 e. The number of aliphatic imine (C=N–C) groups is 1. The largest absolute Gasteiger partial charge is 0.496 e. The van der Waals surface area contributed by atoms with E-state index >= 15 is 0 Å². The van der Waals surface area contributed by atoms with Crippen molar-refractivity contribution in [3.63, 3.8) is 0 Å². The van der Waals surface area contributed by atoms with Crippen LogP contribution >= 0.6 is 24.0 Å². The van der Waals surface area contributed by atoms with Gasteiger partial charge in [0, 0.05) is 12.1 Å². The highest BCUT2D eigenvalue weighted by Crippen LogP contribution is 2.28. The van der Waals surface area contributed by atoms with Crippen molar-refractivity contribution in [3.8, 4) is 17.2 Å². The van der Waals surface area contributed by atoms with E-state index in [0.29, 0.717) is 30.5 Å². The lowest BCUT2D eigenvalue weighted by Crippen LogP contribution is -2.38. The highest BCUT2D eigenvalue weighted by atomic mass is 127. The van der Waals surface area contributed by atoms with Gasteiger partial charge in [0.2, 0.25) is 0 Å². The first kappa shape index (κ1) is 24.8. The molecule has 2 aromatic rings. The van der Waals surface area contributed by atoms with E-state index in [0.717, 1.165) is 16.9 Å². The maximum absolute atomic E-state index is 6.08. The van der Waals surface area contributed by atoms with Gasteiger partial charge in [-0.05, 0) is 37.9 Å². The molecule has 0 saturated carbocycles. The lowest BCUT2D eigenvalue weighted by atomic mass is 10.0. The van der Waals surface area contributed by atoms with Gasteiger partial charge in [0.25, 0.3) is 0 Å². The molecule has 1 unspecified atom stereocenters. The molecule has 7 nitrogen and oxygen atoms in total. The minimum atomic E-state index is 0. The number of hydrogen-bond acceptors (Lipinski definition) is 5. The van der Waals surface area contributed by atoms with E-state index < -0.39 is 0 Å². The van der Waals surface area contributed by atoms with E-state index in [1.54, 1.807) is 21.3 Å². The second kappa shape index (κ2) is 12.4. The van der Waals surface area contributed by atoms with Crippen LogP contribution in [0.2, 0.25) is 0 Å². The minimum absolute atomic E-state index is 0. The molecule has 160 valence electrons. The van der Waals surface area contributed by atoms with Crippen LogP contribution in [0.1, 0.15) is 17.2 Å². The van der Waals surface area contributed by atoms with Gasteiger partial charge in [-0.25, -0.2) is 4.99 Å².